The number of fused-ring (bicyclic) bond motifs is 1. The number of piperidine rings is 1. The van der Waals surface area contributed by atoms with Crippen LogP contribution in [0.25, 0.3) is 0 Å². The summed E-state index contributed by atoms with van der Waals surface area (Å²) in [4.78, 5) is 36.8. The molecule has 2 N–H and O–H groups in total. The summed E-state index contributed by atoms with van der Waals surface area (Å²) in [5.74, 6) is 0.286. The molecular formula is C28H41N3O3. The summed E-state index contributed by atoms with van der Waals surface area (Å²) in [6, 6.07) is 6.86. The van der Waals surface area contributed by atoms with Crippen LogP contribution in [0.3, 0.4) is 0 Å². The average Bonchev–Trinajstić information content (AvgIpc) is 3.16. The van der Waals surface area contributed by atoms with E-state index in [0.29, 0.717) is 18.5 Å². The summed E-state index contributed by atoms with van der Waals surface area (Å²) in [7, 11) is 0. The van der Waals surface area contributed by atoms with Gasteiger partial charge in [0.15, 0.2) is 0 Å². The fourth-order valence-electron chi connectivity index (χ4n) is 6.04. The molecule has 4 aliphatic rings. The summed E-state index contributed by atoms with van der Waals surface area (Å²) in [6.45, 7) is 4.76. The van der Waals surface area contributed by atoms with Gasteiger partial charge in [-0.25, -0.2) is 0 Å². The average molecular weight is 468 g/mol. The van der Waals surface area contributed by atoms with Crippen LogP contribution in [0.4, 0.5) is 0 Å². The fourth-order valence-corrected chi connectivity index (χ4v) is 6.04. The van der Waals surface area contributed by atoms with Crippen LogP contribution in [0.5, 0.6) is 0 Å². The molecule has 0 spiro atoms. The maximum absolute atomic E-state index is 12.3. The summed E-state index contributed by atoms with van der Waals surface area (Å²) in [5.41, 5.74) is 2.71. The van der Waals surface area contributed by atoms with Gasteiger partial charge in [0.2, 0.25) is 11.8 Å². The highest BCUT2D eigenvalue weighted by molar-refractivity contribution is 6.05. The molecule has 3 fully saturated rings. The van der Waals surface area contributed by atoms with Gasteiger partial charge in [-0.2, -0.15) is 0 Å². The summed E-state index contributed by atoms with van der Waals surface area (Å²) in [6.07, 6.45) is 15.2. The van der Waals surface area contributed by atoms with E-state index in [1.807, 2.05) is 19.1 Å². The standard InChI is InChI=1S/C14H14N2O3.C14H27N/c1-8-2-3-10-9(6-8)7-16(14(10)19)11-4-5-12(17)15-13(11)18;1-2-12-8-10-14(11-9-12)15-13-6-4-3-5-7-13/h2-3,6,11H,4-5,7H2,1H3,(H,15,17,18);12-15H,2-11H2,1H3. The maximum atomic E-state index is 12.3. The molecular weight excluding hydrogens is 426 g/mol. The molecule has 1 atom stereocenters. The van der Waals surface area contributed by atoms with Gasteiger partial charge in [0.25, 0.3) is 5.91 Å². The first-order chi connectivity index (χ1) is 16.4. The first-order valence-corrected chi connectivity index (χ1v) is 13.4. The molecule has 186 valence electrons. The largest absolute Gasteiger partial charge is 0.322 e. The van der Waals surface area contributed by atoms with Crippen molar-refractivity contribution >= 4 is 17.7 Å². The molecule has 34 heavy (non-hydrogen) atoms. The molecule has 0 radical (unpaired) electrons. The Balaban J connectivity index is 0.000000166. The molecule has 6 nitrogen and oxygen atoms in total. The van der Waals surface area contributed by atoms with E-state index in [1.54, 1.807) is 11.0 Å². The number of carbonyl (C=O) groups excluding carboxylic acids is 3. The third-order valence-corrected chi connectivity index (χ3v) is 8.18. The molecule has 1 aromatic rings. The quantitative estimate of drug-likeness (QED) is 0.633. The molecule has 5 rings (SSSR count). The molecule has 0 aromatic heterocycles. The third-order valence-electron chi connectivity index (χ3n) is 8.18. The van der Waals surface area contributed by atoms with Crippen LogP contribution in [0.2, 0.25) is 0 Å². The van der Waals surface area contributed by atoms with E-state index in [0.717, 1.165) is 29.1 Å². The van der Waals surface area contributed by atoms with E-state index < -0.39 is 6.04 Å². The van der Waals surface area contributed by atoms with Crippen molar-refractivity contribution in [2.75, 3.05) is 0 Å². The minimum atomic E-state index is -0.530. The predicted octanol–water partition coefficient (Wildman–Crippen LogP) is 4.63. The molecule has 1 saturated heterocycles. The topological polar surface area (TPSA) is 78.5 Å². The van der Waals surface area contributed by atoms with E-state index in [-0.39, 0.29) is 24.1 Å². The SMILES string of the molecule is CCC1CCC(NC2CCCCC2)CC1.Cc1ccc2c(c1)CN(C1CCC(=O)NC1=O)C2=O. The second kappa shape index (κ2) is 11.5. The number of nitrogens with one attached hydrogen (secondary N) is 2. The van der Waals surface area contributed by atoms with E-state index in [1.165, 1.54) is 64.2 Å². The van der Waals surface area contributed by atoms with Gasteiger partial charge in [-0.15, -0.1) is 0 Å². The van der Waals surface area contributed by atoms with Gasteiger partial charge >= 0.3 is 0 Å². The van der Waals surface area contributed by atoms with Crippen LogP contribution < -0.4 is 10.6 Å². The lowest BCUT2D eigenvalue weighted by atomic mass is 9.83. The van der Waals surface area contributed by atoms with Crippen molar-refractivity contribution in [1.82, 2.24) is 15.5 Å². The number of rotatable bonds is 4. The lowest BCUT2D eigenvalue weighted by Gasteiger charge is -2.33. The number of carbonyl (C=O) groups is 3. The summed E-state index contributed by atoms with van der Waals surface area (Å²) in [5, 5.41) is 6.20. The van der Waals surface area contributed by atoms with Crippen LogP contribution >= 0.6 is 0 Å². The van der Waals surface area contributed by atoms with Crippen molar-refractivity contribution in [3.8, 4) is 0 Å². The number of imide groups is 1. The minimum Gasteiger partial charge on any atom is -0.322 e. The van der Waals surface area contributed by atoms with E-state index in [2.05, 4.69) is 17.6 Å². The maximum Gasteiger partial charge on any atom is 0.255 e. The normalized spacial score (nSPS) is 27.6. The smallest absolute Gasteiger partial charge is 0.255 e. The molecule has 1 aromatic carbocycles. The Morgan fingerprint density at radius 2 is 1.65 bits per heavy atom. The Labute approximate surface area is 204 Å². The van der Waals surface area contributed by atoms with Crippen molar-refractivity contribution in [1.29, 1.82) is 0 Å². The Hall–Kier alpha value is -2.21. The zero-order valence-electron chi connectivity index (χ0n) is 20.9. The number of nitrogens with zero attached hydrogens (tertiary/aromatic N) is 1. The van der Waals surface area contributed by atoms with Gasteiger partial charge < -0.3 is 10.2 Å². The van der Waals surface area contributed by atoms with Crippen LogP contribution in [-0.2, 0) is 16.1 Å². The van der Waals surface area contributed by atoms with Crippen molar-refractivity contribution in [2.24, 2.45) is 5.92 Å². The monoisotopic (exact) mass is 467 g/mol. The molecule has 3 amide bonds. The number of hydrogen-bond acceptors (Lipinski definition) is 4. The fraction of sp³-hybridized carbons (Fsp3) is 0.679. The molecule has 2 saturated carbocycles. The Morgan fingerprint density at radius 1 is 0.941 bits per heavy atom. The van der Waals surface area contributed by atoms with Crippen molar-refractivity contribution in [3.05, 3.63) is 34.9 Å². The highest BCUT2D eigenvalue weighted by Gasteiger charge is 2.38. The van der Waals surface area contributed by atoms with Gasteiger partial charge in [0, 0.05) is 30.6 Å². The van der Waals surface area contributed by atoms with Crippen molar-refractivity contribution in [2.45, 2.75) is 116 Å². The van der Waals surface area contributed by atoms with Gasteiger partial charge in [-0.1, -0.05) is 50.3 Å². The van der Waals surface area contributed by atoms with Gasteiger partial charge in [-0.05, 0) is 69.4 Å². The van der Waals surface area contributed by atoms with Crippen LogP contribution in [0.15, 0.2) is 18.2 Å². The second-order valence-corrected chi connectivity index (χ2v) is 10.7. The number of aryl methyl sites for hydroxylation is 1. The van der Waals surface area contributed by atoms with E-state index in [9.17, 15) is 14.4 Å². The van der Waals surface area contributed by atoms with Crippen molar-refractivity contribution in [3.63, 3.8) is 0 Å². The Morgan fingerprint density at radius 3 is 2.32 bits per heavy atom. The first-order valence-electron chi connectivity index (χ1n) is 13.4. The Bertz CT molecular complexity index is 885. The third kappa shape index (κ3) is 6.07. The van der Waals surface area contributed by atoms with Crippen LogP contribution in [0.1, 0.15) is 105 Å². The Kier molecular flexibility index (Phi) is 8.41. The van der Waals surface area contributed by atoms with Crippen molar-refractivity contribution < 1.29 is 14.4 Å². The lowest BCUT2D eigenvalue weighted by Crippen LogP contribution is -2.52. The minimum absolute atomic E-state index is 0.121. The second-order valence-electron chi connectivity index (χ2n) is 10.7. The molecule has 2 aliphatic carbocycles. The van der Waals surface area contributed by atoms with Crippen LogP contribution in [0, 0.1) is 12.8 Å². The molecule has 1 unspecified atom stereocenters. The molecule has 6 heteroatoms. The highest BCUT2D eigenvalue weighted by atomic mass is 16.2. The predicted molar refractivity (Wildman–Crippen MR) is 133 cm³/mol. The number of amides is 3. The van der Waals surface area contributed by atoms with Gasteiger partial charge in [0.05, 0.1) is 0 Å². The number of benzene rings is 1. The number of hydrogen-bond donors (Lipinski definition) is 2. The zero-order valence-corrected chi connectivity index (χ0v) is 20.9. The zero-order chi connectivity index (χ0) is 24.1. The summed E-state index contributed by atoms with van der Waals surface area (Å²) >= 11 is 0. The van der Waals surface area contributed by atoms with Gasteiger partial charge in [-0.3, -0.25) is 19.7 Å². The van der Waals surface area contributed by atoms with E-state index in [4.69, 9.17) is 0 Å². The van der Waals surface area contributed by atoms with E-state index >= 15 is 0 Å². The van der Waals surface area contributed by atoms with Gasteiger partial charge in [0.1, 0.15) is 6.04 Å². The van der Waals surface area contributed by atoms with Crippen LogP contribution in [-0.4, -0.2) is 40.7 Å². The first kappa shape index (κ1) is 24.9. The lowest BCUT2D eigenvalue weighted by molar-refractivity contribution is -0.136. The highest BCUT2D eigenvalue weighted by Crippen LogP contribution is 2.29. The molecule has 2 heterocycles. The molecule has 0 bridgehead atoms. The molecule has 2 aliphatic heterocycles. The summed E-state index contributed by atoms with van der Waals surface area (Å²) < 4.78 is 0.